The number of carbonyl (C=O) groups excluding carboxylic acids is 2. The van der Waals surface area contributed by atoms with Crippen molar-refractivity contribution in [3.63, 3.8) is 0 Å². The van der Waals surface area contributed by atoms with E-state index < -0.39 is 34.7 Å². The fraction of sp³-hybridized carbons (Fsp3) is 0.778. The summed E-state index contributed by atoms with van der Waals surface area (Å²) >= 11 is 0. The van der Waals surface area contributed by atoms with Gasteiger partial charge >= 0.3 is 23.9 Å². The Morgan fingerprint density at radius 2 is 0.960 bits per heavy atom. The first-order valence-corrected chi connectivity index (χ1v) is 9.00. The molecule has 0 aromatic rings. The number of esters is 2. The van der Waals surface area contributed by atoms with Gasteiger partial charge < -0.3 is 14.9 Å². The van der Waals surface area contributed by atoms with E-state index in [9.17, 15) is 29.4 Å². The summed E-state index contributed by atoms with van der Waals surface area (Å²) in [6.45, 7) is 0. The summed E-state index contributed by atoms with van der Waals surface area (Å²) in [6.07, 6.45) is 5.69. The van der Waals surface area contributed by atoms with Gasteiger partial charge in [-0.3, -0.25) is 19.2 Å². The molecule has 0 aromatic heterocycles. The van der Waals surface area contributed by atoms with Crippen molar-refractivity contribution in [3.8, 4) is 0 Å². The predicted molar refractivity (Wildman–Crippen MR) is 86.6 cm³/mol. The summed E-state index contributed by atoms with van der Waals surface area (Å²) in [7, 11) is 0. The first kappa shape index (κ1) is 19.4. The number of carboxylic acids is 2. The molecule has 7 heteroatoms. The second-order valence-electron chi connectivity index (χ2n) is 7.49. The zero-order valence-electron chi connectivity index (χ0n) is 14.4. The lowest BCUT2D eigenvalue weighted by Crippen LogP contribution is -2.38. The normalized spacial score (nSPS) is 21.9. The Morgan fingerprint density at radius 1 is 0.640 bits per heavy atom. The smallest absolute Gasteiger partial charge is 0.314 e. The van der Waals surface area contributed by atoms with Gasteiger partial charge in [0, 0.05) is 0 Å². The highest BCUT2D eigenvalue weighted by molar-refractivity contribution is 5.91. The third-order valence-corrected chi connectivity index (χ3v) is 5.72. The SMILES string of the molecule is O=C(CC1(C(=O)O)CCCCC1)OC(=O)CC1(C(=O)O)CCCCC1. The van der Waals surface area contributed by atoms with Crippen molar-refractivity contribution in [3.05, 3.63) is 0 Å². The number of ether oxygens (including phenoxy) is 1. The van der Waals surface area contributed by atoms with E-state index in [0.717, 1.165) is 38.5 Å². The molecule has 0 atom stereocenters. The molecule has 2 fully saturated rings. The van der Waals surface area contributed by atoms with Crippen molar-refractivity contribution in [2.24, 2.45) is 10.8 Å². The lowest BCUT2D eigenvalue weighted by Gasteiger charge is -2.33. The van der Waals surface area contributed by atoms with Crippen LogP contribution in [-0.4, -0.2) is 34.1 Å². The lowest BCUT2D eigenvalue weighted by atomic mass is 9.71. The van der Waals surface area contributed by atoms with Gasteiger partial charge in [-0.05, 0) is 25.7 Å². The molecule has 25 heavy (non-hydrogen) atoms. The van der Waals surface area contributed by atoms with E-state index in [2.05, 4.69) is 0 Å². The highest BCUT2D eigenvalue weighted by atomic mass is 16.6. The minimum Gasteiger partial charge on any atom is -0.481 e. The molecule has 2 aliphatic carbocycles. The number of rotatable bonds is 6. The van der Waals surface area contributed by atoms with Gasteiger partial charge in [0.1, 0.15) is 0 Å². The lowest BCUT2D eigenvalue weighted by molar-refractivity contribution is -0.171. The summed E-state index contributed by atoms with van der Waals surface area (Å²) < 4.78 is 4.80. The van der Waals surface area contributed by atoms with Crippen LogP contribution in [0.2, 0.25) is 0 Å². The third kappa shape index (κ3) is 4.58. The van der Waals surface area contributed by atoms with Crippen LogP contribution in [0, 0.1) is 10.8 Å². The molecule has 0 spiro atoms. The standard InChI is InChI=1S/C18H26O7/c19-13(11-17(15(21)22)7-3-1-4-8-17)25-14(20)12-18(16(23)24)9-5-2-6-10-18/h1-12H2,(H,21,22)(H,23,24). The summed E-state index contributed by atoms with van der Waals surface area (Å²) in [5.74, 6) is -3.81. The number of aliphatic carboxylic acids is 2. The van der Waals surface area contributed by atoms with Crippen LogP contribution in [0.15, 0.2) is 0 Å². The quantitative estimate of drug-likeness (QED) is 0.556. The van der Waals surface area contributed by atoms with Crippen LogP contribution < -0.4 is 0 Å². The predicted octanol–water partition coefficient (Wildman–Crippen LogP) is 2.91. The molecule has 0 amide bonds. The van der Waals surface area contributed by atoms with Crippen molar-refractivity contribution in [2.45, 2.75) is 77.0 Å². The van der Waals surface area contributed by atoms with Crippen LogP contribution in [0.4, 0.5) is 0 Å². The van der Waals surface area contributed by atoms with Gasteiger partial charge in [0.05, 0.1) is 23.7 Å². The molecule has 7 nitrogen and oxygen atoms in total. The van der Waals surface area contributed by atoms with E-state index in [1.807, 2.05) is 0 Å². The zero-order chi connectivity index (χ0) is 18.5. The van der Waals surface area contributed by atoms with Crippen molar-refractivity contribution < 1.29 is 34.1 Å². The Hall–Kier alpha value is -1.92. The van der Waals surface area contributed by atoms with Crippen LogP contribution >= 0.6 is 0 Å². The van der Waals surface area contributed by atoms with E-state index in [1.54, 1.807) is 0 Å². The topological polar surface area (TPSA) is 118 Å². The molecule has 0 heterocycles. The Bertz CT molecular complexity index is 492. The van der Waals surface area contributed by atoms with E-state index in [0.29, 0.717) is 25.7 Å². The highest BCUT2D eigenvalue weighted by Gasteiger charge is 2.44. The molecule has 0 aliphatic heterocycles. The van der Waals surface area contributed by atoms with Crippen molar-refractivity contribution in [1.29, 1.82) is 0 Å². The van der Waals surface area contributed by atoms with Crippen molar-refractivity contribution in [2.75, 3.05) is 0 Å². The fourth-order valence-electron chi connectivity index (χ4n) is 4.14. The first-order valence-electron chi connectivity index (χ1n) is 9.00. The Balaban J connectivity index is 1.96. The van der Waals surface area contributed by atoms with Crippen LogP contribution in [0.1, 0.15) is 77.0 Å². The molecule has 0 unspecified atom stereocenters. The Labute approximate surface area is 146 Å². The monoisotopic (exact) mass is 354 g/mol. The van der Waals surface area contributed by atoms with E-state index in [4.69, 9.17) is 4.74 Å². The molecular formula is C18H26O7. The number of hydrogen-bond acceptors (Lipinski definition) is 5. The third-order valence-electron chi connectivity index (χ3n) is 5.72. The Kier molecular flexibility index (Phi) is 6.19. The van der Waals surface area contributed by atoms with Crippen LogP contribution in [-0.2, 0) is 23.9 Å². The maximum absolute atomic E-state index is 12.1. The van der Waals surface area contributed by atoms with Gasteiger partial charge in [0.15, 0.2) is 0 Å². The summed E-state index contributed by atoms with van der Waals surface area (Å²) in [4.78, 5) is 47.4. The van der Waals surface area contributed by atoms with Crippen LogP contribution in [0.3, 0.4) is 0 Å². The maximum atomic E-state index is 12.1. The second kappa shape index (κ2) is 7.97. The molecule has 140 valence electrons. The van der Waals surface area contributed by atoms with Gasteiger partial charge in [-0.2, -0.15) is 0 Å². The minimum absolute atomic E-state index is 0.339. The van der Waals surface area contributed by atoms with Crippen molar-refractivity contribution in [1.82, 2.24) is 0 Å². The van der Waals surface area contributed by atoms with E-state index >= 15 is 0 Å². The molecule has 2 N–H and O–H groups in total. The molecular weight excluding hydrogens is 328 g/mol. The summed E-state index contributed by atoms with van der Waals surface area (Å²) in [5.41, 5.74) is -2.32. The van der Waals surface area contributed by atoms with Gasteiger partial charge in [-0.1, -0.05) is 38.5 Å². The molecule has 0 aromatic carbocycles. The van der Waals surface area contributed by atoms with E-state index in [-0.39, 0.29) is 12.8 Å². The second-order valence-corrected chi connectivity index (χ2v) is 7.49. The largest absolute Gasteiger partial charge is 0.481 e. The van der Waals surface area contributed by atoms with E-state index in [1.165, 1.54) is 0 Å². The van der Waals surface area contributed by atoms with Crippen LogP contribution in [0.25, 0.3) is 0 Å². The summed E-state index contributed by atoms with van der Waals surface area (Å²) in [5, 5.41) is 19.0. The average Bonchev–Trinajstić information content (AvgIpc) is 2.55. The number of carboxylic acid groups (broad SMARTS) is 2. The van der Waals surface area contributed by atoms with Gasteiger partial charge in [0.25, 0.3) is 0 Å². The zero-order valence-corrected chi connectivity index (χ0v) is 14.4. The number of hydrogen-bond donors (Lipinski definition) is 2. The molecule has 2 saturated carbocycles. The van der Waals surface area contributed by atoms with Gasteiger partial charge in [-0.15, -0.1) is 0 Å². The Morgan fingerprint density at radius 3 is 1.24 bits per heavy atom. The average molecular weight is 354 g/mol. The summed E-state index contributed by atoms with van der Waals surface area (Å²) in [6, 6.07) is 0. The van der Waals surface area contributed by atoms with Crippen molar-refractivity contribution >= 4 is 23.9 Å². The molecule has 0 saturated heterocycles. The maximum Gasteiger partial charge on any atom is 0.314 e. The molecule has 0 radical (unpaired) electrons. The molecule has 2 aliphatic rings. The first-order chi connectivity index (χ1) is 11.8. The van der Waals surface area contributed by atoms with Gasteiger partial charge in [0.2, 0.25) is 0 Å². The number of carbonyl (C=O) groups is 4. The highest BCUT2D eigenvalue weighted by Crippen LogP contribution is 2.41. The molecule has 2 rings (SSSR count). The fourth-order valence-corrected chi connectivity index (χ4v) is 4.14. The molecule has 0 bridgehead atoms. The van der Waals surface area contributed by atoms with Gasteiger partial charge in [-0.25, -0.2) is 0 Å². The minimum atomic E-state index is -1.16. The van der Waals surface area contributed by atoms with Crippen LogP contribution in [0.5, 0.6) is 0 Å².